The van der Waals surface area contributed by atoms with E-state index in [1.165, 1.54) is 0 Å². The molecule has 0 aliphatic carbocycles. The van der Waals surface area contributed by atoms with Gasteiger partial charge in [0, 0.05) is 5.41 Å². The number of benzene rings is 3. The van der Waals surface area contributed by atoms with Crippen LogP contribution in [0.3, 0.4) is 0 Å². The third-order valence-corrected chi connectivity index (χ3v) is 4.35. The number of nitroso groups, excluding NO2 is 1. The predicted molar refractivity (Wildman–Crippen MR) is 92.0 cm³/mol. The Balaban J connectivity index is 2.20. The van der Waals surface area contributed by atoms with Gasteiger partial charge in [-0.05, 0) is 53.1 Å². The van der Waals surface area contributed by atoms with Gasteiger partial charge in [0.25, 0.3) is 0 Å². The summed E-state index contributed by atoms with van der Waals surface area (Å²) in [5, 5.41) is 12.6. The van der Waals surface area contributed by atoms with Gasteiger partial charge in [0.1, 0.15) is 11.4 Å². The number of phenolic OH excluding ortho intramolecular Hbond substituents is 1. The normalized spacial score (nSPS) is 13.3. The smallest absolute Gasteiger partial charge is 0.115 e. The monoisotopic (exact) mass is 303 g/mol. The summed E-state index contributed by atoms with van der Waals surface area (Å²) >= 11 is 0. The molecular weight excluding hydrogens is 286 g/mol. The molecule has 0 aromatic heterocycles. The third kappa shape index (κ3) is 2.73. The van der Waals surface area contributed by atoms with Crippen LogP contribution < -0.4 is 0 Å². The Labute approximate surface area is 135 Å². The minimum Gasteiger partial charge on any atom is -0.508 e. The molecule has 0 fully saturated rings. The number of hydrogen-bond acceptors (Lipinski definition) is 3. The van der Waals surface area contributed by atoms with Gasteiger partial charge >= 0.3 is 0 Å². The van der Waals surface area contributed by atoms with Gasteiger partial charge in [-0.1, -0.05) is 54.6 Å². The fraction of sp³-hybridized carbons (Fsp3) is 0.100. The van der Waals surface area contributed by atoms with Gasteiger partial charge in [0.15, 0.2) is 0 Å². The second-order valence-electron chi connectivity index (χ2n) is 5.68. The van der Waals surface area contributed by atoms with Crippen molar-refractivity contribution in [3.8, 4) is 5.75 Å². The molecule has 3 aromatic rings. The van der Waals surface area contributed by atoms with Gasteiger partial charge in [0.05, 0.1) is 0 Å². The Kier molecular flexibility index (Phi) is 3.94. The van der Waals surface area contributed by atoms with Crippen LogP contribution >= 0.6 is 0 Å². The zero-order chi connectivity index (χ0) is 16.3. The molecule has 0 aliphatic heterocycles. The Morgan fingerprint density at radius 1 is 0.739 bits per heavy atom. The minimum absolute atomic E-state index is 0.240. The Morgan fingerprint density at radius 3 is 1.74 bits per heavy atom. The van der Waals surface area contributed by atoms with Gasteiger partial charge < -0.3 is 5.11 Å². The van der Waals surface area contributed by atoms with E-state index in [0.717, 1.165) is 16.7 Å². The third-order valence-electron chi connectivity index (χ3n) is 4.35. The van der Waals surface area contributed by atoms with E-state index in [9.17, 15) is 10.0 Å². The van der Waals surface area contributed by atoms with Crippen LogP contribution in [0.1, 0.15) is 23.6 Å². The molecule has 3 heteroatoms. The van der Waals surface area contributed by atoms with E-state index in [2.05, 4.69) is 24.2 Å². The van der Waals surface area contributed by atoms with Crippen molar-refractivity contribution in [2.45, 2.75) is 12.3 Å². The van der Waals surface area contributed by atoms with Crippen LogP contribution in [0.15, 0.2) is 84.0 Å². The van der Waals surface area contributed by atoms with Gasteiger partial charge in [-0.25, -0.2) is 0 Å². The quantitative estimate of drug-likeness (QED) is 0.535. The van der Waals surface area contributed by atoms with Crippen LogP contribution in [0.5, 0.6) is 5.75 Å². The van der Waals surface area contributed by atoms with E-state index in [1.54, 1.807) is 24.3 Å². The van der Waals surface area contributed by atoms with Crippen molar-refractivity contribution >= 4 is 5.69 Å². The molecule has 114 valence electrons. The maximum Gasteiger partial charge on any atom is 0.115 e. The van der Waals surface area contributed by atoms with E-state index in [1.807, 2.05) is 42.5 Å². The summed E-state index contributed by atoms with van der Waals surface area (Å²) in [6.45, 7) is 2.14. The largest absolute Gasteiger partial charge is 0.508 e. The lowest BCUT2D eigenvalue weighted by Crippen LogP contribution is -2.25. The van der Waals surface area contributed by atoms with Crippen molar-refractivity contribution in [1.29, 1.82) is 0 Å². The maximum atomic E-state index is 10.7. The molecule has 3 rings (SSSR count). The molecule has 0 saturated heterocycles. The number of aromatic hydroxyl groups is 1. The summed E-state index contributed by atoms with van der Waals surface area (Å²) in [5.41, 5.74) is 3.28. The van der Waals surface area contributed by atoms with Gasteiger partial charge in [0.2, 0.25) is 0 Å². The Bertz CT molecular complexity index is 795. The molecule has 3 aromatic carbocycles. The molecule has 1 unspecified atom stereocenters. The first-order valence-electron chi connectivity index (χ1n) is 7.43. The molecule has 23 heavy (non-hydrogen) atoms. The van der Waals surface area contributed by atoms with Crippen LogP contribution in [0.25, 0.3) is 0 Å². The molecule has 1 atom stereocenters. The zero-order valence-electron chi connectivity index (χ0n) is 12.8. The first-order chi connectivity index (χ1) is 11.1. The summed E-state index contributed by atoms with van der Waals surface area (Å²) in [6.07, 6.45) is 0. The van der Waals surface area contributed by atoms with Crippen molar-refractivity contribution in [2.75, 3.05) is 0 Å². The molecule has 0 amide bonds. The number of rotatable bonds is 4. The van der Waals surface area contributed by atoms with E-state index < -0.39 is 5.41 Å². The summed E-state index contributed by atoms with van der Waals surface area (Å²) in [6, 6.07) is 24.7. The molecular formula is C20H17NO2. The molecule has 0 bridgehead atoms. The van der Waals surface area contributed by atoms with E-state index in [-0.39, 0.29) is 5.75 Å². The van der Waals surface area contributed by atoms with Crippen molar-refractivity contribution in [3.63, 3.8) is 0 Å². The summed E-state index contributed by atoms with van der Waals surface area (Å²) in [5.74, 6) is 0.240. The fourth-order valence-electron chi connectivity index (χ4n) is 2.92. The van der Waals surface area contributed by atoms with Crippen molar-refractivity contribution in [3.05, 3.63) is 100 Å². The number of hydrogen-bond donors (Lipinski definition) is 1. The van der Waals surface area contributed by atoms with Crippen LogP contribution in [-0.4, -0.2) is 5.11 Å². The topological polar surface area (TPSA) is 49.7 Å². The van der Waals surface area contributed by atoms with Crippen molar-refractivity contribution < 1.29 is 5.11 Å². The summed E-state index contributed by atoms with van der Waals surface area (Å²) < 4.78 is 0. The highest BCUT2D eigenvalue weighted by atomic mass is 16.3. The highest BCUT2D eigenvalue weighted by molar-refractivity contribution is 5.52. The SMILES string of the molecule is CC(c1ccccc1)(c1ccc(O)cc1)c1ccc(N=O)cc1. The number of nitrogens with zero attached hydrogens (tertiary/aromatic N) is 1. The van der Waals surface area contributed by atoms with E-state index in [0.29, 0.717) is 5.69 Å². The Hall–Kier alpha value is -2.94. The van der Waals surface area contributed by atoms with Gasteiger partial charge in [-0.2, -0.15) is 0 Å². The number of phenols is 1. The highest BCUT2D eigenvalue weighted by Crippen LogP contribution is 2.39. The molecule has 3 nitrogen and oxygen atoms in total. The van der Waals surface area contributed by atoms with Crippen LogP contribution in [0, 0.1) is 4.91 Å². The average molecular weight is 303 g/mol. The summed E-state index contributed by atoms with van der Waals surface area (Å²) in [7, 11) is 0. The lowest BCUT2D eigenvalue weighted by Gasteiger charge is -2.32. The highest BCUT2D eigenvalue weighted by Gasteiger charge is 2.30. The minimum atomic E-state index is -0.392. The maximum absolute atomic E-state index is 10.7. The first kappa shape index (κ1) is 15.0. The lowest BCUT2D eigenvalue weighted by atomic mass is 9.71. The van der Waals surface area contributed by atoms with Crippen LogP contribution in [-0.2, 0) is 5.41 Å². The zero-order valence-corrected chi connectivity index (χ0v) is 12.8. The van der Waals surface area contributed by atoms with Crippen LogP contribution in [0.2, 0.25) is 0 Å². The standard InChI is InChI=1S/C20H17NO2/c1-20(15-5-3-2-4-6-15,17-9-13-19(22)14-10-17)16-7-11-18(21-23)12-8-16/h2-14,22H,1H3. The molecule has 0 heterocycles. The second-order valence-corrected chi connectivity index (χ2v) is 5.68. The fourth-order valence-corrected chi connectivity index (χ4v) is 2.92. The van der Waals surface area contributed by atoms with Crippen molar-refractivity contribution in [2.24, 2.45) is 5.18 Å². The predicted octanol–water partition coefficient (Wildman–Crippen LogP) is 5.14. The molecule has 0 spiro atoms. The van der Waals surface area contributed by atoms with Crippen molar-refractivity contribution in [1.82, 2.24) is 0 Å². The average Bonchev–Trinajstić information content (AvgIpc) is 2.62. The molecule has 1 N–H and O–H groups in total. The second kappa shape index (κ2) is 6.05. The lowest BCUT2D eigenvalue weighted by molar-refractivity contribution is 0.474. The first-order valence-corrected chi connectivity index (χ1v) is 7.43. The van der Waals surface area contributed by atoms with E-state index >= 15 is 0 Å². The molecule has 0 aliphatic rings. The van der Waals surface area contributed by atoms with Crippen LogP contribution in [0.4, 0.5) is 5.69 Å². The molecule has 0 saturated carbocycles. The van der Waals surface area contributed by atoms with Gasteiger partial charge in [-0.15, -0.1) is 4.91 Å². The summed E-state index contributed by atoms with van der Waals surface area (Å²) in [4.78, 5) is 10.7. The van der Waals surface area contributed by atoms with Gasteiger partial charge in [-0.3, -0.25) is 0 Å². The van der Waals surface area contributed by atoms with E-state index in [4.69, 9.17) is 0 Å². The molecule has 0 radical (unpaired) electrons. The Morgan fingerprint density at radius 2 is 1.22 bits per heavy atom.